The third-order valence-corrected chi connectivity index (χ3v) is 6.17. The number of carbonyl (C=O) groups excluding carboxylic acids is 1. The van der Waals surface area contributed by atoms with E-state index in [0.717, 1.165) is 44.4 Å². The molecule has 1 saturated carbocycles. The van der Waals surface area contributed by atoms with E-state index in [2.05, 4.69) is 22.8 Å². The average molecular weight is 450 g/mol. The fourth-order valence-electron chi connectivity index (χ4n) is 3.60. The summed E-state index contributed by atoms with van der Waals surface area (Å²) in [6.07, 6.45) is 5.36. The van der Waals surface area contributed by atoms with Gasteiger partial charge in [0, 0.05) is 12.1 Å². The van der Waals surface area contributed by atoms with Crippen molar-refractivity contribution in [3.05, 3.63) is 29.8 Å². The molecule has 0 spiro atoms. The largest absolute Gasteiger partial charge is 0.491 e. The fourth-order valence-corrected chi connectivity index (χ4v) is 3.82. The van der Waals surface area contributed by atoms with Crippen LogP contribution in [-0.4, -0.2) is 59.2 Å². The van der Waals surface area contributed by atoms with Crippen molar-refractivity contribution in [2.24, 2.45) is 0 Å². The quantitative estimate of drug-likeness (QED) is 0.317. The molecule has 31 heavy (non-hydrogen) atoms. The van der Waals surface area contributed by atoms with Gasteiger partial charge in [-0.25, -0.2) is 4.79 Å². The van der Waals surface area contributed by atoms with Gasteiger partial charge in [-0.2, -0.15) is 0 Å². The lowest BCUT2D eigenvalue weighted by molar-refractivity contribution is 0.0284. The molecule has 0 unspecified atom stereocenters. The summed E-state index contributed by atoms with van der Waals surface area (Å²) in [6, 6.07) is 7.91. The van der Waals surface area contributed by atoms with E-state index >= 15 is 0 Å². The van der Waals surface area contributed by atoms with E-state index in [-0.39, 0.29) is 30.9 Å². The Morgan fingerprint density at radius 1 is 1.32 bits per heavy atom. The predicted octanol–water partition coefficient (Wildman–Crippen LogP) is 3.30. The van der Waals surface area contributed by atoms with Crippen LogP contribution >= 0.6 is 12.2 Å². The number of nitrogens with zero attached hydrogens (tertiary/aromatic N) is 1. The van der Waals surface area contributed by atoms with Crippen LogP contribution in [0, 0.1) is 0 Å². The zero-order valence-corrected chi connectivity index (χ0v) is 19.6. The van der Waals surface area contributed by atoms with Crippen LogP contribution in [0.1, 0.15) is 58.4 Å². The summed E-state index contributed by atoms with van der Waals surface area (Å²) in [5, 5.41) is 16.2. The van der Waals surface area contributed by atoms with Crippen LogP contribution in [0.5, 0.6) is 5.75 Å². The van der Waals surface area contributed by atoms with Gasteiger partial charge in [0.05, 0.1) is 11.6 Å². The Hall–Kier alpha value is -1.74. The first kappa shape index (κ1) is 23.9. The molecule has 0 radical (unpaired) electrons. The van der Waals surface area contributed by atoms with Crippen molar-refractivity contribution < 1.29 is 19.4 Å². The minimum atomic E-state index is -0.846. The highest BCUT2D eigenvalue weighted by atomic mass is 32.1. The number of rotatable bonds is 13. The summed E-state index contributed by atoms with van der Waals surface area (Å²) < 4.78 is 11.4. The third kappa shape index (κ3) is 6.87. The molecule has 1 saturated heterocycles. The first-order valence-corrected chi connectivity index (χ1v) is 11.5. The second-order valence-electron chi connectivity index (χ2n) is 9.18. The molecule has 172 valence electrons. The van der Waals surface area contributed by atoms with Gasteiger partial charge in [0.1, 0.15) is 24.1 Å². The summed E-state index contributed by atoms with van der Waals surface area (Å²) >= 11 is 5.10. The molecule has 3 N–H and O–H groups in total. The highest BCUT2D eigenvalue weighted by Gasteiger charge is 2.43. The fraction of sp³-hybridized carbons (Fsp3) is 0.652. The molecule has 2 aliphatic rings. The molecule has 1 aliphatic heterocycles. The van der Waals surface area contributed by atoms with E-state index in [1.165, 1.54) is 5.56 Å². The smallest absolute Gasteiger partial charge is 0.324 e. The standard InChI is InChI=1S/C23H35N3O4S/c1-17-20(31)25-21(27)26(17)16-29-13-6-4-5-12-24-23(10-11-23)18-8-7-9-19(14-18)30-15-22(2,3)28/h7-9,14,17,24,28H,4-6,10-13,15-16H2,1-3H3,(H,25,27,31)/t17-/m0/s1. The molecule has 8 heteroatoms. The Kier molecular flexibility index (Phi) is 7.91. The Labute approximate surface area is 190 Å². The summed E-state index contributed by atoms with van der Waals surface area (Å²) in [5.74, 6) is 0.798. The monoisotopic (exact) mass is 449 g/mol. The Morgan fingerprint density at radius 2 is 2.10 bits per heavy atom. The SMILES string of the molecule is C[C@H]1C(=S)NC(=O)N1COCCCCCNC1(c2cccc(OCC(C)(C)O)c2)CC1. The van der Waals surface area contributed by atoms with Crippen LogP contribution in [-0.2, 0) is 10.3 Å². The second-order valence-corrected chi connectivity index (χ2v) is 9.62. The number of hydrogen-bond acceptors (Lipinski definition) is 6. The van der Waals surface area contributed by atoms with Gasteiger partial charge in [0.2, 0.25) is 0 Å². The van der Waals surface area contributed by atoms with Crippen molar-refractivity contribution in [1.29, 1.82) is 0 Å². The number of benzene rings is 1. The molecule has 2 fully saturated rings. The van der Waals surface area contributed by atoms with E-state index in [1.807, 2.05) is 19.1 Å². The molecule has 7 nitrogen and oxygen atoms in total. The lowest BCUT2D eigenvalue weighted by atomic mass is 10.0. The molecule has 3 rings (SSSR count). The summed E-state index contributed by atoms with van der Waals surface area (Å²) in [5.41, 5.74) is 0.462. The number of thiocarbonyl (C=S) groups is 1. The number of aliphatic hydroxyl groups is 1. The normalized spacial score (nSPS) is 20.1. The van der Waals surface area contributed by atoms with Gasteiger partial charge in [-0.05, 0) is 77.1 Å². The zero-order chi connectivity index (χ0) is 22.5. The van der Waals surface area contributed by atoms with Gasteiger partial charge in [0.15, 0.2) is 0 Å². The van der Waals surface area contributed by atoms with E-state index < -0.39 is 5.60 Å². The minimum absolute atomic E-state index is 0.0578. The molecular weight excluding hydrogens is 414 g/mol. The maximum Gasteiger partial charge on any atom is 0.324 e. The number of amides is 2. The van der Waals surface area contributed by atoms with Gasteiger partial charge >= 0.3 is 6.03 Å². The Balaban J connectivity index is 1.31. The molecule has 0 bridgehead atoms. The van der Waals surface area contributed by atoms with E-state index in [0.29, 0.717) is 11.6 Å². The van der Waals surface area contributed by atoms with Crippen LogP contribution < -0.4 is 15.4 Å². The molecule has 1 aromatic rings. The van der Waals surface area contributed by atoms with Crippen LogP contribution in [0.3, 0.4) is 0 Å². The summed E-state index contributed by atoms with van der Waals surface area (Å²) in [4.78, 5) is 13.9. The van der Waals surface area contributed by atoms with Crippen molar-refractivity contribution in [2.45, 2.75) is 70.1 Å². The number of nitrogens with one attached hydrogen (secondary N) is 2. The van der Waals surface area contributed by atoms with Crippen LogP contribution in [0.4, 0.5) is 4.79 Å². The van der Waals surface area contributed by atoms with Crippen molar-refractivity contribution in [3.63, 3.8) is 0 Å². The van der Waals surface area contributed by atoms with Gasteiger partial charge in [-0.15, -0.1) is 0 Å². The average Bonchev–Trinajstić information content (AvgIpc) is 3.46. The molecule has 1 heterocycles. The number of urea groups is 1. The maximum absolute atomic E-state index is 11.7. The van der Waals surface area contributed by atoms with Crippen LogP contribution in [0.2, 0.25) is 0 Å². The number of carbonyl (C=O) groups is 1. The van der Waals surface area contributed by atoms with Gasteiger partial charge in [-0.3, -0.25) is 4.90 Å². The second kappa shape index (κ2) is 10.3. The summed E-state index contributed by atoms with van der Waals surface area (Å²) in [6.45, 7) is 7.52. The molecular formula is C23H35N3O4S. The number of unbranched alkanes of at least 4 members (excludes halogenated alkanes) is 2. The zero-order valence-electron chi connectivity index (χ0n) is 18.8. The van der Waals surface area contributed by atoms with Crippen molar-refractivity contribution in [2.75, 3.05) is 26.5 Å². The molecule has 1 aromatic carbocycles. The van der Waals surface area contributed by atoms with Crippen molar-refractivity contribution in [1.82, 2.24) is 15.5 Å². The first-order chi connectivity index (χ1) is 14.7. The van der Waals surface area contributed by atoms with E-state index in [9.17, 15) is 9.90 Å². The minimum Gasteiger partial charge on any atom is -0.491 e. The highest BCUT2D eigenvalue weighted by molar-refractivity contribution is 7.80. The molecule has 1 atom stereocenters. The lowest BCUT2D eigenvalue weighted by Gasteiger charge is -2.21. The number of ether oxygens (including phenoxy) is 2. The van der Waals surface area contributed by atoms with Gasteiger partial charge < -0.3 is 25.2 Å². The maximum atomic E-state index is 11.7. The summed E-state index contributed by atoms with van der Waals surface area (Å²) in [7, 11) is 0. The van der Waals surface area contributed by atoms with Gasteiger partial charge in [0.25, 0.3) is 0 Å². The van der Waals surface area contributed by atoms with Crippen molar-refractivity contribution >= 4 is 23.2 Å². The molecule has 1 aliphatic carbocycles. The topological polar surface area (TPSA) is 83.1 Å². The molecule has 2 amide bonds. The van der Waals surface area contributed by atoms with E-state index in [1.54, 1.807) is 18.7 Å². The first-order valence-electron chi connectivity index (χ1n) is 11.1. The Bertz CT molecular complexity index is 776. The lowest BCUT2D eigenvalue weighted by Crippen LogP contribution is -2.35. The van der Waals surface area contributed by atoms with Gasteiger partial charge in [-0.1, -0.05) is 24.4 Å². The van der Waals surface area contributed by atoms with E-state index in [4.69, 9.17) is 21.7 Å². The van der Waals surface area contributed by atoms with Crippen LogP contribution in [0.25, 0.3) is 0 Å². The third-order valence-electron chi connectivity index (χ3n) is 5.73. The predicted molar refractivity (Wildman–Crippen MR) is 124 cm³/mol. The Morgan fingerprint density at radius 3 is 2.74 bits per heavy atom. The molecule has 0 aromatic heterocycles. The van der Waals surface area contributed by atoms with Crippen molar-refractivity contribution in [3.8, 4) is 5.75 Å². The number of hydrogen-bond donors (Lipinski definition) is 3. The highest BCUT2D eigenvalue weighted by Crippen LogP contribution is 2.46. The van der Waals surface area contributed by atoms with Crippen LogP contribution in [0.15, 0.2) is 24.3 Å².